The zero-order chi connectivity index (χ0) is 17.1. The lowest BCUT2D eigenvalue weighted by molar-refractivity contribution is 0.0646. The van der Waals surface area contributed by atoms with Gasteiger partial charge in [0.15, 0.2) is 0 Å². The molecule has 3 aliphatic heterocycles. The van der Waals surface area contributed by atoms with E-state index in [0.29, 0.717) is 0 Å². The van der Waals surface area contributed by atoms with E-state index >= 15 is 0 Å². The van der Waals surface area contributed by atoms with E-state index in [9.17, 15) is 0 Å². The van der Waals surface area contributed by atoms with Crippen LogP contribution in [0.5, 0.6) is 0 Å². The number of likely N-dealkylation sites (tertiary alicyclic amines) is 3. The average Bonchev–Trinajstić information content (AvgIpc) is 3.04. The van der Waals surface area contributed by atoms with Gasteiger partial charge >= 0.3 is 0 Å². The third kappa shape index (κ3) is 4.74. The maximum atomic E-state index is 2.83. The van der Waals surface area contributed by atoms with Gasteiger partial charge < -0.3 is 14.7 Å². The lowest BCUT2D eigenvalue weighted by atomic mass is 9.85. The molecule has 3 heteroatoms. The lowest BCUT2D eigenvalue weighted by Gasteiger charge is -2.43. The largest absolute Gasteiger partial charge is 0.303 e. The predicted molar refractivity (Wildman–Crippen MR) is 103 cm³/mol. The number of rotatable bonds is 5. The molecule has 0 aromatic carbocycles. The zero-order valence-corrected chi connectivity index (χ0v) is 16.7. The van der Waals surface area contributed by atoms with Crippen molar-refractivity contribution in [3.8, 4) is 0 Å². The predicted octanol–water partition coefficient (Wildman–Crippen LogP) is 3.55. The molecule has 0 aromatic rings. The number of piperidine rings is 2. The topological polar surface area (TPSA) is 9.72 Å². The van der Waals surface area contributed by atoms with Gasteiger partial charge in [-0.15, -0.1) is 0 Å². The second-order valence-corrected chi connectivity index (χ2v) is 9.39. The van der Waals surface area contributed by atoms with Crippen LogP contribution in [0.2, 0.25) is 0 Å². The summed E-state index contributed by atoms with van der Waals surface area (Å²) in [6.45, 7) is 18.9. The molecule has 0 amide bonds. The quantitative estimate of drug-likeness (QED) is 0.761. The van der Waals surface area contributed by atoms with Crippen LogP contribution in [0.25, 0.3) is 0 Å². The van der Waals surface area contributed by atoms with Gasteiger partial charge in [-0.25, -0.2) is 0 Å². The summed E-state index contributed by atoms with van der Waals surface area (Å²) in [5.74, 6) is 2.78. The summed E-state index contributed by atoms with van der Waals surface area (Å²) in [7, 11) is 0. The summed E-state index contributed by atoms with van der Waals surface area (Å²) in [4.78, 5) is 8.26. The van der Waals surface area contributed by atoms with Gasteiger partial charge in [0.05, 0.1) is 0 Å². The molecule has 0 saturated carbocycles. The van der Waals surface area contributed by atoms with Crippen molar-refractivity contribution in [2.75, 3.05) is 45.8 Å². The molecule has 0 aromatic heterocycles. The highest BCUT2D eigenvalue weighted by atomic mass is 15.2. The molecule has 24 heavy (non-hydrogen) atoms. The van der Waals surface area contributed by atoms with Crippen molar-refractivity contribution in [3.63, 3.8) is 0 Å². The maximum Gasteiger partial charge on any atom is 0.0120 e. The van der Waals surface area contributed by atoms with Gasteiger partial charge in [-0.1, -0.05) is 13.8 Å². The molecular formula is C21H41N3. The van der Waals surface area contributed by atoms with Gasteiger partial charge in [0, 0.05) is 25.2 Å². The average molecular weight is 336 g/mol. The van der Waals surface area contributed by atoms with E-state index in [1.807, 2.05) is 0 Å². The van der Waals surface area contributed by atoms with Crippen molar-refractivity contribution >= 4 is 0 Å². The normalized spacial score (nSPS) is 30.0. The summed E-state index contributed by atoms with van der Waals surface area (Å²) in [6, 6.07) is 1.61. The van der Waals surface area contributed by atoms with Crippen molar-refractivity contribution in [1.82, 2.24) is 14.7 Å². The molecule has 3 fully saturated rings. The smallest absolute Gasteiger partial charge is 0.0120 e. The Kier molecular flexibility index (Phi) is 6.62. The maximum absolute atomic E-state index is 2.83. The Morgan fingerprint density at radius 2 is 1.46 bits per heavy atom. The fourth-order valence-electron chi connectivity index (χ4n) is 5.26. The van der Waals surface area contributed by atoms with Gasteiger partial charge in [0.1, 0.15) is 0 Å². The Morgan fingerprint density at radius 3 is 2.00 bits per heavy atom. The SMILES string of the molecule is CC(C)C1CCN(C2CCN(C[C@H]3CCN(C(C)C)C3)CC2)CC1. The number of hydrogen-bond donors (Lipinski definition) is 0. The van der Waals surface area contributed by atoms with Crippen LogP contribution >= 0.6 is 0 Å². The molecule has 1 atom stereocenters. The van der Waals surface area contributed by atoms with Crippen LogP contribution in [0.1, 0.15) is 59.8 Å². The Morgan fingerprint density at radius 1 is 0.792 bits per heavy atom. The molecule has 3 heterocycles. The fourth-order valence-corrected chi connectivity index (χ4v) is 5.26. The van der Waals surface area contributed by atoms with Gasteiger partial charge in [0.25, 0.3) is 0 Å². The van der Waals surface area contributed by atoms with Crippen molar-refractivity contribution in [3.05, 3.63) is 0 Å². The number of hydrogen-bond acceptors (Lipinski definition) is 3. The molecule has 0 N–H and O–H groups in total. The first kappa shape index (κ1) is 18.7. The van der Waals surface area contributed by atoms with Crippen LogP contribution in [0.4, 0.5) is 0 Å². The molecular weight excluding hydrogens is 294 g/mol. The van der Waals surface area contributed by atoms with Crippen LogP contribution in [0, 0.1) is 17.8 Å². The molecule has 140 valence electrons. The molecule has 3 nitrogen and oxygen atoms in total. The van der Waals surface area contributed by atoms with Crippen molar-refractivity contribution in [2.24, 2.45) is 17.8 Å². The van der Waals surface area contributed by atoms with E-state index in [-0.39, 0.29) is 0 Å². The lowest BCUT2D eigenvalue weighted by Crippen LogP contribution is -2.48. The van der Waals surface area contributed by atoms with Crippen LogP contribution < -0.4 is 0 Å². The Hall–Kier alpha value is -0.120. The van der Waals surface area contributed by atoms with E-state index < -0.39 is 0 Å². The molecule has 0 bridgehead atoms. The minimum Gasteiger partial charge on any atom is -0.303 e. The second-order valence-electron chi connectivity index (χ2n) is 9.39. The molecule has 3 aliphatic rings. The van der Waals surface area contributed by atoms with E-state index in [2.05, 4.69) is 42.4 Å². The van der Waals surface area contributed by atoms with Gasteiger partial charge in [-0.05, 0) is 96.4 Å². The van der Waals surface area contributed by atoms with Gasteiger partial charge in [-0.2, -0.15) is 0 Å². The third-order valence-electron chi connectivity index (χ3n) is 7.15. The first-order chi connectivity index (χ1) is 11.5. The summed E-state index contributed by atoms with van der Waals surface area (Å²) >= 11 is 0. The molecule has 0 radical (unpaired) electrons. The minimum atomic E-state index is 0.731. The highest BCUT2D eigenvalue weighted by molar-refractivity contribution is 4.86. The van der Waals surface area contributed by atoms with Crippen molar-refractivity contribution in [1.29, 1.82) is 0 Å². The zero-order valence-electron chi connectivity index (χ0n) is 16.7. The van der Waals surface area contributed by atoms with E-state index in [1.54, 1.807) is 0 Å². The van der Waals surface area contributed by atoms with Crippen molar-refractivity contribution < 1.29 is 0 Å². The number of nitrogens with zero attached hydrogens (tertiary/aromatic N) is 3. The van der Waals surface area contributed by atoms with Crippen LogP contribution in [-0.4, -0.2) is 72.6 Å². The standard InChI is InChI=1S/C21H41N3/c1-17(2)20-6-13-23(14-7-20)21-8-10-22(11-9-21)15-19-5-12-24(16-19)18(3)4/h17-21H,5-16H2,1-4H3/t19-/m1/s1. The van der Waals surface area contributed by atoms with Crippen LogP contribution in [-0.2, 0) is 0 Å². The highest BCUT2D eigenvalue weighted by Crippen LogP contribution is 2.28. The van der Waals surface area contributed by atoms with Crippen LogP contribution in [0.3, 0.4) is 0 Å². The highest BCUT2D eigenvalue weighted by Gasteiger charge is 2.31. The molecule has 0 spiro atoms. The van der Waals surface area contributed by atoms with Crippen LogP contribution in [0.15, 0.2) is 0 Å². The fraction of sp³-hybridized carbons (Fsp3) is 1.00. The monoisotopic (exact) mass is 335 g/mol. The second kappa shape index (κ2) is 8.51. The molecule has 0 aliphatic carbocycles. The molecule has 3 saturated heterocycles. The van der Waals surface area contributed by atoms with Gasteiger partial charge in [-0.3, -0.25) is 0 Å². The van der Waals surface area contributed by atoms with E-state index in [4.69, 9.17) is 0 Å². The van der Waals surface area contributed by atoms with E-state index in [0.717, 1.165) is 29.8 Å². The summed E-state index contributed by atoms with van der Waals surface area (Å²) in [6.07, 6.45) is 7.11. The van der Waals surface area contributed by atoms with Gasteiger partial charge in [0.2, 0.25) is 0 Å². The summed E-state index contributed by atoms with van der Waals surface area (Å²) in [5, 5.41) is 0. The first-order valence-electron chi connectivity index (χ1n) is 10.7. The molecule has 3 rings (SSSR count). The summed E-state index contributed by atoms with van der Waals surface area (Å²) in [5.41, 5.74) is 0. The minimum absolute atomic E-state index is 0.731. The van der Waals surface area contributed by atoms with Crippen molar-refractivity contribution in [2.45, 2.75) is 71.9 Å². The summed E-state index contributed by atoms with van der Waals surface area (Å²) < 4.78 is 0. The Labute approximate surface area is 150 Å². The molecule has 0 unspecified atom stereocenters. The Bertz CT molecular complexity index is 365. The third-order valence-corrected chi connectivity index (χ3v) is 7.15. The Balaban J connectivity index is 1.36. The first-order valence-corrected chi connectivity index (χ1v) is 10.7. The van der Waals surface area contributed by atoms with E-state index in [1.165, 1.54) is 77.9 Å².